The largest absolute Gasteiger partial charge is 0.337 e. The summed E-state index contributed by atoms with van der Waals surface area (Å²) in [5.74, 6) is 1.91. The average molecular weight is 378 g/mol. The predicted octanol–water partition coefficient (Wildman–Crippen LogP) is 1.56. The van der Waals surface area contributed by atoms with Crippen LogP contribution in [0.15, 0.2) is 30.6 Å². The van der Waals surface area contributed by atoms with Gasteiger partial charge in [0.25, 0.3) is 0 Å². The van der Waals surface area contributed by atoms with Crippen LogP contribution in [0, 0.1) is 0 Å². The maximum Gasteiger partial charge on any atom is 0.227 e. The van der Waals surface area contributed by atoms with Crippen molar-refractivity contribution in [3.8, 4) is 22.8 Å². The second kappa shape index (κ2) is 6.74. The predicted molar refractivity (Wildman–Crippen MR) is 103 cm³/mol. The van der Waals surface area contributed by atoms with Crippen molar-refractivity contribution in [3.63, 3.8) is 0 Å². The first-order valence-corrected chi connectivity index (χ1v) is 9.68. The third kappa shape index (κ3) is 2.74. The minimum absolute atomic E-state index is 0.281. The zero-order valence-electron chi connectivity index (χ0n) is 15.7. The van der Waals surface area contributed by atoms with E-state index in [9.17, 15) is 4.79 Å². The van der Waals surface area contributed by atoms with Crippen molar-refractivity contribution in [2.75, 3.05) is 24.5 Å². The van der Waals surface area contributed by atoms with Gasteiger partial charge >= 0.3 is 0 Å². The average Bonchev–Trinajstić information content (AvgIpc) is 3.46. The van der Waals surface area contributed by atoms with E-state index in [1.54, 1.807) is 12.4 Å². The topological polar surface area (TPSA) is 95.8 Å². The van der Waals surface area contributed by atoms with E-state index >= 15 is 0 Å². The molecule has 0 aliphatic carbocycles. The lowest BCUT2D eigenvalue weighted by Crippen LogP contribution is -2.52. The van der Waals surface area contributed by atoms with E-state index in [2.05, 4.69) is 41.8 Å². The van der Waals surface area contributed by atoms with Gasteiger partial charge in [-0.2, -0.15) is 5.10 Å². The lowest BCUT2D eigenvalue weighted by atomic mass is 10.1. The number of H-pyrrole nitrogens is 1. The van der Waals surface area contributed by atoms with Gasteiger partial charge in [0.1, 0.15) is 5.69 Å². The molecule has 2 aliphatic rings. The Kier molecular flexibility index (Phi) is 4.07. The summed E-state index contributed by atoms with van der Waals surface area (Å²) in [6.45, 7) is 5.20. The van der Waals surface area contributed by atoms with Crippen molar-refractivity contribution in [2.24, 2.45) is 0 Å². The number of hydrogen-bond acceptors (Lipinski definition) is 6. The quantitative estimate of drug-likeness (QED) is 0.740. The summed E-state index contributed by atoms with van der Waals surface area (Å²) in [6.07, 6.45) is 5.10. The van der Waals surface area contributed by atoms with Crippen LogP contribution < -0.4 is 4.90 Å². The summed E-state index contributed by atoms with van der Waals surface area (Å²) in [5, 5.41) is 16.4. The van der Waals surface area contributed by atoms with Crippen molar-refractivity contribution < 1.29 is 4.79 Å². The number of piperazine rings is 1. The fraction of sp³-hybridized carbons (Fsp3) is 0.421. The number of rotatable bonds is 4. The standard InChI is InChI=1S/C19H22N8O/c1-2-26-18(16-11-15(21-22-16)13-5-7-20-8-6-13)23-24-19(26)25-9-10-27-14(12-25)3-4-17(27)28/h5-8,11,14H,2-4,9-10,12H2,1H3,(H,21,22). The Labute approximate surface area is 162 Å². The van der Waals surface area contributed by atoms with Gasteiger partial charge in [-0.15, -0.1) is 10.2 Å². The maximum absolute atomic E-state index is 11.9. The Morgan fingerprint density at radius 3 is 2.89 bits per heavy atom. The van der Waals surface area contributed by atoms with Crippen molar-refractivity contribution in [2.45, 2.75) is 32.4 Å². The summed E-state index contributed by atoms with van der Waals surface area (Å²) in [4.78, 5) is 20.3. The molecule has 2 fully saturated rings. The Bertz CT molecular complexity index is 995. The minimum atomic E-state index is 0.281. The van der Waals surface area contributed by atoms with Crippen LogP contribution in [0.25, 0.3) is 22.8 Å². The van der Waals surface area contributed by atoms with E-state index in [-0.39, 0.29) is 11.9 Å². The van der Waals surface area contributed by atoms with Crippen LogP contribution in [-0.2, 0) is 11.3 Å². The first-order chi connectivity index (χ1) is 13.7. The fourth-order valence-corrected chi connectivity index (χ4v) is 4.17. The molecule has 0 spiro atoms. The van der Waals surface area contributed by atoms with Crippen LogP contribution >= 0.6 is 0 Å². The zero-order valence-corrected chi connectivity index (χ0v) is 15.7. The summed E-state index contributed by atoms with van der Waals surface area (Å²) < 4.78 is 2.11. The van der Waals surface area contributed by atoms with Crippen molar-refractivity contribution in [1.82, 2.24) is 34.8 Å². The van der Waals surface area contributed by atoms with Gasteiger partial charge in [-0.05, 0) is 31.5 Å². The molecule has 3 aromatic heterocycles. The Hall–Kier alpha value is -3.23. The summed E-state index contributed by atoms with van der Waals surface area (Å²) in [6, 6.07) is 6.14. The van der Waals surface area contributed by atoms with Gasteiger partial charge in [-0.1, -0.05) is 0 Å². The highest BCUT2D eigenvalue weighted by Gasteiger charge is 2.37. The molecule has 28 heavy (non-hydrogen) atoms. The van der Waals surface area contributed by atoms with Crippen LogP contribution in [-0.4, -0.2) is 66.4 Å². The molecule has 2 aliphatic heterocycles. The van der Waals surface area contributed by atoms with Gasteiger partial charge in [-0.25, -0.2) is 0 Å². The first-order valence-electron chi connectivity index (χ1n) is 9.68. The molecule has 1 unspecified atom stereocenters. The number of carbonyl (C=O) groups is 1. The van der Waals surface area contributed by atoms with Gasteiger partial charge in [0.2, 0.25) is 11.9 Å². The lowest BCUT2D eigenvalue weighted by molar-refractivity contribution is -0.129. The number of anilines is 1. The highest BCUT2D eigenvalue weighted by atomic mass is 16.2. The van der Waals surface area contributed by atoms with Crippen LogP contribution in [0.5, 0.6) is 0 Å². The molecule has 5 heterocycles. The highest BCUT2D eigenvalue weighted by molar-refractivity contribution is 5.79. The first kappa shape index (κ1) is 16.9. The smallest absolute Gasteiger partial charge is 0.227 e. The van der Waals surface area contributed by atoms with E-state index in [1.807, 2.05) is 23.1 Å². The van der Waals surface area contributed by atoms with E-state index in [4.69, 9.17) is 0 Å². The van der Waals surface area contributed by atoms with E-state index in [1.165, 1.54) is 0 Å². The third-order valence-electron chi connectivity index (χ3n) is 5.62. The number of nitrogens with zero attached hydrogens (tertiary/aromatic N) is 7. The van der Waals surface area contributed by atoms with Crippen LogP contribution in [0.1, 0.15) is 19.8 Å². The minimum Gasteiger partial charge on any atom is -0.337 e. The fourth-order valence-electron chi connectivity index (χ4n) is 4.17. The Morgan fingerprint density at radius 2 is 2.07 bits per heavy atom. The second-order valence-corrected chi connectivity index (χ2v) is 7.20. The number of hydrogen-bond donors (Lipinski definition) is 1. The van der Waals surface area contributed by atoms with E-state index < -0.39 is 0 Å². The molecular weight excluding hydrogens is 356 g/mol. The molecule has 0 saturated carbocycles. The second-order valence-electron chi connectivity index (χ2n) is 7.20. The molecule has 0 radical (unpaired) electrons. The number of nitrogens with one attached hydrogen (secondary N) is 1. The number of fused-ring (bicyclic) bond motifs is 1. The van der Waals surface area contributed by atoms with Crippen LogP contribution in [0.4, 0.5) is 5.95 Å². The van der Waals surface area contributed by atoms with Crippen molar-refractivity contribution >= 4 is 11.9 Å². The number of aromatic amines is 1. The Balaban J connectivity index is 1.43. The number of carbonyl (C=O) groups excluding carboxylic acids is 1. The van der Waals surface area contributed by atoms with Gasteiger partial charge in [0.05, 0.1) is 5.69 Å². The molecule has 1 atom stereocenters. The van der Waals surface area contributed by atoms with Crippen molar-refractivity contribution in [3.05, 3.63) is 30.6 Å². The van der Waals surface area contributed by atoms with Gasteiger partial charge in [0.15, 0.2) is 5.82 Å². The molecular formula is C19H22N8O. The normalized spacial score (nSPS) is 19.3. The zero-order chi connectivity index (χ0) is 19.1. The van der Waals surface area contributed by atoms with E-state index in [0.717, 1.165) is 61.3 Å². The number of pyridine rings is 1. The number of aromatic nitrogens is 6. The SMILES string of the molecule is CCn1c(-c2cc(-c3ccncc3)n[nH]2)nnc1N1CCN2C(=O)CCC2C1. The molecule has 0 bridgehead atoms. The van der Waals surface area contributed by atoms with Crippen LogP contribution in [0.3, 0.4) is 0 Å². The summed E-state index contributed by atoms with van der Waals surface area (Å²) in [5.41, 5.74) is 2.69. The molecule has 9 nitrogen and oxygen atoms in total. The highest BCUT2D eigenvalue weighted by Crippen LogP contribution is 2.29. The molecule has 3 aromatic rings. The van der Waals surface area contributed by atoms with Crippen molar-refractivity contribution in [1.29, 1.82) is 0 Å². The Morgan fingerprint density at radius 1 is 1.21 bits per heavy atom. The third-order valence-corrected chi connectivity index (χ3v) is 5.62. The van der Waals surface area contributed by atoms with Gasteiger partial charge in [-0.3, -0.25) is 19.4 Å². The number of amides is 1. The monoisotopic (exact) mass is 378 g/mol. The molecule has 9 heteroatoms. The summed E-state index contributed by atoms with van der Waals surface area (Å²) >= 11 is 0. The molecule has 2 saturated heterocycles. The summed E-state index contributed by atoms with van der Waals surface area (Å²) in [7, 11) is 0. The maximum atomic E-state index is 11.9. The van der Waals surface area contributed by atoms with Gasteiger partial charge < -0.3 is 9.80 Å². The molecule has 5 rings (SSSR count). The van der Waals surface area contributed by atoms with E-state index in [0.29, 0.717) is 6.42 Å². The lowest BCUT2D eigenvalue weighted by Gasteiger charge is -2.37. The molecule has 1 amide bonds. The van der Waals surface area contributed by atoms with Gasteiger partial charge in [0, 0.05) is 56.6 Å². The molecule has 144 valence electrons. The molecule has 1 N–H and O–H groups in total. The molecule has 0 aromatic carbocycles. The van der Waals surface area contributed by atoms with Crippen LogP contribution in [0.2, 0.25) is 0 Å².